The minimum Gasteiger partial charge on any atom is -0.489 e. The molecule has 1 aromatic heterocycles. The van der Waals surface area contributed by atoms with Gasteiger partial charge in [0.05, 0.1) is 47.4 Å². The number of piperidine rings is 1. The molecule has 1 N–H and O–H groups in total. The van der Waals surface area contributed by atoms with Crippen LogP contribution in [-0.2, 0) is 24.4 Å². The van der Waals surface area contributed by atoms with Gasteiger partial charge in [-0.1, -0.05) is 18.2 Å². The van der Waals surface area contributed by atoms with Crippen LogP contribution in [0.4, 0.5) is 4.39 Å². The Morgan fingerprint density at radius 2 is 1.95 bits per heavy atom. The quantitative estimate of drug-likeness (QED) is 0.292. The molecule has 2 saturated heterocycles. The molecule has 6 rings (SSSR count). The van der Waals surface area contributed by atoms with Gasteiger partial charge in [-0.25, -0.2) is 14.2 Å². The van der Waals surface area contributed by atoms with E-state index in [9.17, 15) is 14.3 Å². The van der Waals surface area contributed by atoms with Crippen molar-refractivity contribution in [3.8, 4) is 11.8 Å². The summed E-state index contributed by atoms with van der Waals surface area (Å²) in [6.07, 6.45) is 3.10. The molecule has 0 radical (unpaired) electrons. The second kappa shape index (κ2) is 11.7. The zero-order valence-electron chi connectivity index (χ0n) is 22.6. The van der Waals surface area contributed by atoms with E-state index >= 15 is 0 Å². The Bertz CT molecular complexity index is 1620. The molecule has 0 amide bonds. The van der Waals surface area contributed by atoms with Crippen LogP contribution in [0.3, 0.4) is 0 Å². The first-order chi connectivity index (χ1) is 20.0. The molecule has 0 unspecified atom stereocenters. The van der Waals surface area contributed by atoms with Crippen molar-refractivity contribution in [1.82, 2.24) is 14.5 Å². The molecule has 2 fully saturated rings. The number of ether oxygens (including phenoxy) is 2. The third-order valence-corrected chi connectivity index (χ3v) is 8.11. The molecule has 1 atom stereocenters. The number of hydrogen-bond donors (Lipinski definition) is 1. The number of likely N-dealkylation sites (tertiary alicyclic amines) is 1. The summed E-state index contributed by atoms with van der Waals surface area (Å²) in [5.41, 5.74) is 3.81. The van der Waals surface area contributed by atoms with Crippen molar-refractivity contribution in [2.24, 2.45) is 0 Å². The standard InChI is InChI=1S/C32H31FN4O4/c33-28-14-21(17-34)4-5-25(28)20-41-26-3-1-2-23(15-26)22-8-11-36(12-9-22)19-31-35-29-7-6-24(32(38)39)16-30(29)37(31)18-27-10-13-40-27/h1-7,14-16,22,27H,8-13,18-20H2,(H,38,39)/t27-/m0/s1. The zero-order chi connectivity index (χ0) is 28.3. The number of imidazole rings is 1. The molecule has 2 aliphatic rings. The summed E-state index contributed by atoms with van der Waals surface area (Å²) in [4.78, 5) is 18.9. The van der Waals surface area contributed by atoms with Gasteiger partial charge < -0.3 is 19.1 Å². The highest BCUT2D eigenvalue weighted by Crippen LogP contribution is 2.32. The molecule has 0 saturated carbocycles. The number of rotatable bonds is 9. The molecule has 0 aliphatic carbocycles. The summed E-state index contributed by atoms with van der Waals surface area (Å²) in [6.45, 7) is 4.05. The average Bonchev–Trinajstić information content (AvgIpc) is 3.30. The largest absolute Gasteiger partial charge is 0.489 e. The monoisotopic (exact) mass is 554 g/mol. The summed E-state index contributed by atoms with van der Waals surface area (Å²) >= 11 is 0. The third-order valence-electron chi connectivity index (χ3n) is 8.11. The van der Waals surface area contributed by atoms with Crippen molar-refractivity contribution in [3.63, 3.8) is 0 Å². The highest BCUT2D eigenvalue weighted by molar-refractivity contribution is 5.92. The van der Waals surface area contributed by atoms with Gasteiger partial charge in [-0.15, -0.1) is 0 Å². The summed E-state index contributed by atoms with van der Waals surface area (Å²) in [5.74, 6) is 0.632. The number of aromatic carboxylic acids is 1. The molecule has 3 aromatic carbocycles. The lowest BCUT2D eigenvalue weighted by Gasteiger charge is -2.33. The molecular formula is C32H31FN4O4. The Morgan fingerprint density at radius 3 is 2.66 bits per heavy atom. The first kappa shape index (κ1) is 26.9. The molecule has 9 heteroatoms. The smallest absolute Gasteiger partial charge is 0.335 e. The van der Waals surface area contributed by atoms with Gasteiger partial charge in [-0.05, 0) is 86.3 Å². The lowest BCUT2D eigenvalue weighted by Crippen LogP contribution is -2.35. The molecule has 41 heavy (non-hydrogen) atoms. The number of carbonyl (C=O) groups is 1. The number of halogens is 1. The first-order valence-electron chi connectivity index (χ1n) is 13.9. The summed E-state index contributed by atoms with van der Waals surface area (Å²) in [5, 5.41) is 18.4. The van der Waals surface area contributed by atoms with Crippen LogP contribution >= 0.6 is 0 Å². The summed E-state index contributed by atoms with van der Waals surface area (Å²) < 4.78 is 28.0. The van der Waals surface area contributed by atoms with Gasteiger partial charge in [0.2, 0.25) is 0 Å². The van der Waals surface area contributed by atoms with Crippen LogP contribution in [0.25, 0.3) is 11.0 Å². The van der Waals surface area contributed by atoms with Gasteiger partial charge in [-0.2, -0.15) is 5.26 Å². The summed E-state index contributed by atoms with van der Waals surface area (Å²) in [7, 11) is 0. The van der Waals surface area contributed by atoms with E-state index < -0.39 is 11.8 Å². The van der Waals surface area contributed by atoms with Crippen molar-refractivity contribution in [2.45, 2.75) is 51.0 Å². The number of nitrogens with zero attached hydrogens (tertiary/aromatic N) is 4. The normalized spacial score (nSPS) is 17.7. The van der Waals surface area contributed by atoms with E-state index in [2.05, 4.69) is 15.5 Å². The number of carboxylic acids is 1. The van der Waals surface area contributed by atoms with Crippen molar-refractivity contribution in [3.05, 3.63) is 94.6 Å². The van der Waals surface area contributed by atoms with Crippen molar-refractivity contribution in [2.75, 3.05) is 19.7 Å². The lowest BCUT2D eigenvalue weighted by atomic mass is 9.89. The fourth-order valence-corrected chi connectivity index (χ4v) is 5.64. The molecule has 8 nitrogen and oxygen atoms in total. The number of benzene rings is 3. The maximum absolute atomic E-state index is 14.2. The maximum Gasteiger partial charge on any atom is 0.335 e. The second-order valence-corrected chi connectivity index (χ2v) is 10.8. The van der Waals surface area contributed by atoms with Gasteiger partial charge in [0.15, 0.2) is 0 Å². The molecule has 4 aromatic rings. The minimum atomic E-state index is -0.945. The molecule has 2 aliphatic heterocycles. The van der Waals surface area contributed by atoms with E-state index in [0.29, 0.717) is 30.3 Å². The van der Waals surface area contributed by atoms with E-state index in [4.69, 9.17) is 19.7 Å². The van der Waals surface area contributed by atoms with Crippen LogP contribution in [0.1, 0.15) is 58.1 Å². The highest BCUT2D eigenvalue weighted by Gasteiger charge is 2.26. The van der Waals surface area contributed by atoms with Crippen molar-refractivity contribution < 1.29 is 23.8 Å². The van der Waals surface area contributed by atoms with Crippen LogP contribution in [0.2, 0.25) is 0 Å². The second-order valence-electron chi connectivity index (χ2n) is 10.8. The molecular weight excluding hydrogens is 523 g/mol. The van der Waals surface area contributed by atoms with E-state index in [0.717, 1.165) is 55.8 Å². The number of fused-ring (bicyclic) bond motifs is 1. The summed E-state index contributed by atoms with van der Waals surface area (Å²) in [6, 6.07) is 19.5. The van der Waals surface area contributed by atoms with Gasteiger partial charge in [0, 0.05) is 12.2 Å². The Labute approximate surface area is 237 Å². The maximum atomic E-state index is 14.2. The molecule has 0 spiro atoms. The van der Waals surface area contributed by atoms with Crippen LogP contribution < -0.4 is 4.74 Å². The van der Waals surface area contributed by atoms with Crippen LogP contribution in [0, 0.1) is 17.1 Å². The Balaban J connectivity index is 1.10. The Morgan fingerprint density at radius 1 is 1.12 bits per heavy atom. The van der Waals surface area contributed by atoms with Crippen LogP contribution in [0.5, 0.6) is 5.75 Å². The molecule has 0 bridgehead atoms. The van der Waals surface area contributed by atoms with Gasteiger partial charge in [0.1, 0.15) is 24.0 Å². The first-order valence-corrected chi connectivity index (χ1v) is 13.9. The van der Waals surface area contributed by atoms with E-state index in [1.165, 1.54) is 11.6 Å². The molecule has 210 valence electrons. The predicted octanol–water partition coefficient (Wildman–Crippen LogP) is 5.49. The third kappa shape index (κ3) is 5.94. The topological polar surface area (TPSA) is 101 Å². The van der Waals surface area contributed by atoms with Gasteiger partial charge in [0.25, 0.3) is 0 Å². The van der Waals surface area contributed by atoms with E-state index in [1.807, 2.05) is 24.3 Å². The number of hydrogen-bond acceptors (Lipinski definition) is 6. The number of nitriles is 1. The Kier molecular flexibility index (Phi) is 7.68. The van der Waals surface area contributed by atoms with E-state index in [-0.39, 0.29) is 23.8 Å². The van der Waals surface area contributed by atoms with Crippen molar-refractivity contribution >= 4 is 17.0 Å². The Hall–Kier alpha value is -4.26. The van der Waals surface area contributed by atoms with Gasteiger partial charge >= 0.3 is 5.97 Å². The molecule has 3 heterocycles. The van der Waals surface area contributed by atoms with Gasteiger partial charge in [-0.3, -0.25) is 4.90 Å². The fourth-order valence-electron chi connectivity index (χ4n) is 5.64. The minimum absolute atomic E-state index is 0.0975. The van der Waals surface area contributed by atoms with Crippen LogP contribution in [-0.4, -0.2) is 51.3 Å². The lowest BCUT2D eigenvalue weighted by molar-refractivity contribution is -0.0592. The van der Waals surface area contributed by atoms with Crippen molar-refractivity contribution in [1.29, 1.82) is 5.26 Å². The highest BCUT2D eigenvalue weighted by atomic mass is 19.1. The average molecular weight is 555 g/mol. The van der Waals surface area contributed by atoms with Crippen LogP contribution in [0.15, 0.2) is 60.7 Å². The van der Waals surface area contributed by atoms with E-state index in [1.54, 1.807) is 30.3 Å². The number of aromatic nitrogens is 2. The predicted molar refractivity (Wildman–Crippen MR) is 150 cm³/mol. The fraction of sp³-hybridized carbons (Fsp3) is 0.344. The SMILES string of the molecule is N#Cc1ccc(COc2cccc(C3CCN(Cc4nc5ccc(C(=O)O)cc5n4C[C@@H]4CCO4)CC3)c2)c(F)c1. The zero-order valence-corrected chi connectivity index (χ0v) is 22.6. The number of carboxylic acid groups (broad SMARTS) is 1.